The Bertz CT molecular complexity index is 342. The first-order chi connectivity index (χ1) is 6.27. The molecule has 0 amide bonds. The lowest BCUT2D eigenvalue weighted by Gasteiger charge is -2.15. The molecule has 0 bridgehead atoms. The van der Waals surface area contributed by atoms with E-state index in [0.29, 0.717) is 0 Å². The first-order valence-corrected chi connectivity index (χ1v) is 4.61. The van der Waals surface area contributed by atoms with Crippen LogP contribution < -0.4 is 0 Å². The summed E-state index contributed by atoms with van der Waals surface area (Å²) in [6.07, 6.45) is 7.25. The molecule has 0 fully saturated rings. The molecule has 0 atom stereocenters. The maximum atomic E-state index is 4.20. The summed E-state index contributed by atoms with van der Waals surface area (Å²) in [6.45, 7) is 3.20. The molecule has 0 N–H and O–H groups in total. The lowest BCUT2D eigenvalue weighted by Crippen LogP contribution is -2.12. The molecule has 2 rings (SSSR count). The molecule has 1 aromatic heterocycles. The molecule has 0 aromatic carbocycles. The average Bonchev–Trinajstić information content (AvgIpc) is 2.51. The Morgan fingerprint density at radius 1 is 1.38 bits per heavy atom. The number of hydrogen-bond acceptors (Lipinski definition) is 2. The number of rotatable bonds is 1. The van der Waals surface area contributed by atoms with Crippen molar-refractivity contribution >= 4 is 5.70 Å². The zero-order chi connectivity index (χ0) is 9.26. The van der Waals surface area contributed by atoms with Crippen LogP contribution in [0.25, 0.3) is 5.70 Å². The van der Waals surface area contributed by atoms with Gasteiger partial charge in [0.2, 0.25) is 0 Å². The fourth-order valence-electron chi connectivity index (χ4n) is 1.70. The Balaban J connectivity index is 2.35. The van der Waals surface area contributed by atoms with E-state index in [0.717, 1.165) is 13.0 Å². The van der Waals surface area contributed by atoms with Crippen LogP contribution in [0, 0.1) is 6.92 Å². The van der Waals surface area contributed by atoms with Gasteiger partial charge in [0.15, 0.2) is 0 Å². The molecule has 0 unspecified atom stereocenters. The molecule has 13 heavy (non-hydrogen) atoms. The van der Waals surface area contributed by atoms with E-state index in [1.807, 2.05) is 12.4 Å². The third-order valence-electron chi connectivity index (χ3n) is 2.38. The monoisotopic (exact) mass is 174 g/mol. The van der Waals surface area contributed by atoms with Crippen LogP contribution >= 0.6 is 0 Å². The molecule has 0 radical (unpaired) electrons. The smallest absolute Gasteiger partial charge is 0.0413 e. The van der Waals surface area contributed by atoms with Gasteiger partial charge < -0.3 is 4.90 Å². The molecular weight excluding hydrogens is 160 g/mol. The number of hydrogen-bond donors (Lipinski definition) is 0. The molecule has 0 saturated carbocycles. The highest BCUT2D eigenvalue weighted by molar-refractivity contribution is 5.65. The van der Waals surface area contributed by atoms with Crippen molar-refractivity contribution in [1.29, 1.82) is 0 Å². The molecule has 2 heteroatoms. The average molecular weight is 174 g/mol. The molecular formula is C11H14N2. The van der Waals surface area contributed by atoms with E-state index in [9.17, 15) is 0 Å². The predicted molar refractivity (Wildman–Crippen MR) is 54.2 cm³/mol. The predicted octanol–water partition coefficient (Wildman–Crippen LogP) is 2.07. The van der Waals surface area contributed by atoms with Crippen LogP contribution in [0.15, 0.2) is 24.5 Å². The van der Waals surface area contributed by atoms with Gasteiger partial charge in [-0.2, -0.15) is 0 Å². The zero-order valence-corrected chi connectivity index (χ0v) is 8.12. The van der Waals surface area contributed by atoms with E-state index in [2.05, 4.69) is 36.0 Å². The van der Waals surface area contributed by atoms with E-state index >= 15 is 0 Å². The van der Waals surface area contributed by atoms with E-state index in [-0.39, 0.29) is 0 Å². The van der Waals surface area contributed by atoms with Crippen molar-refractivity contribution in [3.63, 3.8) is 0 Å². The highest BCUT2D eigenvalue weighted by atomic mass is 15.1. The minimum absolute atomic E-state index is 1.13. The second-order valence-electron chi connectivity index (χ2n) is 3.55. The second kappa shape index (κ2) is 3.21. The van der Waals surface area contributed by atoms with Crippen molar-refractivity contribution < 1.29 is 0 Å². The van der Waals surface area contributed by atoms with Crippen LogP contribution in [-0.2, 0) is 0 Å². The molecule has 0 saturated heterocycles. The minimum atomic E-state index is 1.13. The quantitative estimate of drug-likeness (QED) is 0.648. The van der Waals surface area contributed by atoms with Crippen LogP contribution in [0.1, 0.15) is 17.5 Å². The van der Waals surface area contributed by atoms with E-state index in [1.54, 1.807) is 0 Å². The molecule has 1 aromatic rings. The molecule has 2 heterocycles. The standard InChI is InChI=1S/C11H14N2/c1-9-6-10(8-12-7-9)11-4-3-5-13(11)2/h4,6-8H,3,5H2,1-2H3. The molecule has 68 valence electrons. The van der Waals surface area contributed by atoms with Crippen molar-refractivity contribution in [2.24, 2.45) is 0 Å². The summed E-state index contributed by atoms with van der Waals surface area (Å²) in [5, 5.41) is 0. The Morgan fingerprint density at radius 3 is 2.85 bits per heavy atom. The van der Waals surface area contributed by atoms with Crippen LogP contribution in [-0.4, -0.2) is 23.5 Å². The van der Waals surface area contributed by atoms with Crippen LogP contribution in [0.3, 0.4) is 0 Å². The summed E-state index contributed by atoms with van der Waals surface area (Å²) in [5.41, 5.74) is 3.77. The van der Waals surface area contributed by atoms with Gasteiger partial charge in [-0.25, -0.2) is 0 Å². The summed E-state index contributed by atoms with van der Waals surface area (Å²) in [4.78, 5) is 6.47. The summed E-state index contributed by atoms with van der Waals surface area (Å²) in [5.74, 6) is 0. The van der Waals surface area contributed by atoms with Gasteiger partial charge in [0.1, 0.15) is 0 Å². The van der Waals surface area contributed by atoms with Gasteiger partial charge in [0, 0.05) is 37.2 Å². The molecule has 1 aliphatic rings. The summed E-state index contributed by atoms with van der Waals surface area (Å²) in [6, 6.07) is 2.18. The van der Waals surface area contributed by atoms with E-state index in [1.165, 1.54) is 16.8 Å². The minimum Gasteiger partial charge on any atom is -0.374 e. The van der Waals surface area contributed by atoms with Gasteiger partial charge in [-0.15, -0.1) is 0 Å². The Morgan fingerprint density at radius 2 is 2.23 bits per heavy atom. The topological polar surface area (TPSA) is 16.1 Å². The van der Waals surface area contributed by atoms with Crippen molar-refractivity contribution in [2.45, 2.75) is 13.3 Å². The largest absolute Gasteiger partial charge is 0.374 e. The number of pyridine rings is 1. The molecule has 2 nitrogen and oxygen atoms in total. The highest BCUT2D eigenvalue weighted by Gasteiger charge is 2.12. The zero-order valence-electron chi connectivity index (χ0n) is 8.12. The summed E-state index contributed by atoms with van der Waals surface area (Å²) in [7, 11) is 2.13. The maximum Gasteiger partial charge on any atom is 0.0413 e. The first kappa shape index (κ1) is 8.30. The third-order valence-corrected chi connectivity index (χ3v) is 2.38. The Labute approximate surface area is 78.9 Å². The van der Waals surface area contributed by atoms with Crippen LogP contribution in [0.4, 0.5) is 0 Å². The summed E-state index contributed by atoms with van der Waals surface area (Å²) >= 11 is 0. The lowest BCUT2D eigenvalue weighted by atomic mass is 10.1. The van der Waals surface area contributed by atoms with Gasteiger partial charge in [-0.3, -0.25) is 4.98 Å². The fraction of sp³-hybridized carbons (Fsp3) is 0.364. The van der Waals surface area contributed by atoms with Crippen LogP contribution in [0.2, 0.25) is 0 Å². The van der Waals surface area contributed by atoms with Crippen molar-refractivity contribution in [1.82, 2.24) is 9.88 Å². The van der Waals surface area contributed by atoms with E-state index < -0.39 is 0 Å². The van der Waals surface area contributed by atoms with Gasteiger partial charge in [-0.1, -0.05) is 6.08 Å². The molecule has 1 aliphatic heterocycles. The number of aromatic nitrogens is 1. The third kappa shape index (κ3) is 1.57. The first-order valence-electron chi connectivity index (χ1n) is 4.61. The number of aryl methyl sites for hydroxylation is 1. The van der Waals surface area contributed by atoms with Gasteiger partial charge >= 0.3 is 0 Å². The SMILES string of the molecule is Cc1cncc(C2=CCCN2C)c1. The van der Waals surface area contributed by atoms with Crippen molar-refractivity contribution in [3.05, 3.63) is 35.7 Å². The highest BCUT2D eigenvalue weighted by Crippen LogP contribution is 2.23. The van der Waals surface area contributed by atoms with Gasteiger partial charge in [0.05, 0.1) is 0 Å². The maximum absolute atomic E-state index is 4.20. The van der Waals surface area contributed by atoms with Crippen molar-refractivity contribution in [3.8, 4) is 0 Å². The van der Waals surface area contributed by atoms with Gasteiger partial charge in [0.25, 0.3) is 0 Å². The summed E-state index contributed by atoms with van der Waals surface area (Å²) < 4.78 is 0. The van der Waals surface area contributed by atoms with Gasteiger partial charge in [-0.05, 0) is 25.0 Å². The fourth-order valence-corrected chi connectivity index (χ4v) is 1.70. The van der Waals surface area contributed by atoms with E-state index in [4.69, 9.17) is 0 Å². The lowest BCUT2D eigenvalue weighted by molar-refractivity contribution is 0.517. The Kier molecular flexibility index (Phi) is 2.05. The molecule has 0 spiro atoms. The Hall–Kier alpha value is -1.31. The normalized spacial score (nSPS) is 16.2. The molecule has 0 aliphatic carbocycles. The van der Waals surface area contributed by atoms with Crippen LogP contribution in [0.5, 0.6) is 0 Å². The number of nitrogens with zero attached hydrogens (tertiary/aromatic N) is 2. The second-order valence-corrected chi connectivity index (χ2v) is 3.55. The van der Waals surface area contributed by atoms with Crippen molar-refractivity contribution in [2.75, 3.05) is 13.6 Å².